The van der Waals surface area contributed by atoms with Crippen molar-refractivity contribution in [3.05, 3.63) is 28.7 Å². The van der Waals surface area contributed by atoms with Crippen LogP contribution in [0.2, 0.25) is 0 Å². The summed E-state index contributed by atoms with van der Waals surface area (Å²) in [5.41, 5.74) is 6.37. The van der Waals surface area contributed by atoms with Crippen molar-refractivity contribution >= 4 is 28.2 Å². The molecule has 1 fully saturated rings. The molecule has 0 unspecified atom stereocenters. The molecule has 0 bridgehead atoms. The smallest absolute Gasteiger partial charge is 0.236 e. The number of aromatic nitrogens is 3. The Labute approximate surface area is 139 Å². The molecule has 1 aliphatic heterocycles. The monoisotopic (exact) mass is 332 g/mol. The Morgan fingerprint density at radius 1 is 1.48 bits per heavy atom. The normalized spacial score (nSPS) is 17.5. The van der Waals surface area contributed by atoms with Gasteiger partial charge in [0, 0.05) is 23.7 Å². The number of amides is 1. The van der Waals surface area contributed by atoms with Crippen LogP contribution in [0.3, 0.4) is 0 Å². The first-order chi connectivity index (χ1) is 11.1. The van der Waals surface area contributed by atoms with E-state index >= 15 is 0 Å². The summed E-state index contributed by atoms with van der Waals surface area (Å²) in [6.07, 6.45) is 3.69. The number of carbonyl (C=O) groups excluding carboxylic acids is 1. The second kappa shape index (κ2) is 6.59. The third-order valence-electron chi connectivity index (χ3n) is 3.80. The molecule has 1 aliphatic rings. The van der Waals surface area contributed by atoms with E-state index in [1.807, 2.05) is 31.0 Å². The molecule has 0 radical (unpaired) electrons. The van der Waals surface area contributed by atoms with Crippen LogP contribution in [0.15, 0.2) is 12.3 Å². The van der Waals surface area contributed by atoms with Crippen LogP contribution in [0, 0.1) is 13.8 Å². The molecule has 3 N–H and O–H groups in total. The lowest BCUT2D eigenvalue weighted by molar-refractivity contribution is -0.130. The molecule has 2 aromatic rings. The molecule has 1 atom stereocenters. The summed E-state index contributed by atoms with van der Waals surface area (Å²) in [7, 11) is 0. The standard InChI is InChI=1S/C15H20N6OS/c1-9-8-17-15(23-9)20-13-6-11(18-10(2)19-13)12-4-3-5-21(12)14(22)7-16/h6,8,12H,3-5,7,16H2,1-2H3,(H,17,18,19,20)/t12-/m0/s1. The van der Waals surface area contributed by atoms with Gasteiger partial charge in [0.05, 0.1) is 18.3 Å². The van der Waals surface area contributed by atoms with Gasteiger partial charge in [-0.1, -0.05) is 0 Å². The highest BCUT2D eigenvalue weighted by atomic mass is 32.1. The first kappa shape index (κ1) is 15.8. The van der Waals surface area contributed by atoms with Crippen LogP contribution in [0.1, 0.15) is 35.3 Å². The molecule has 1 amide bonds. The number of nitrogens with two attached hydrogens (primary N) is 1. The Hall–Kier alpha value is -2.06. The van der Waals surface area contributed by atoms with Crippen molar-refractivity contribution < 1.29 is 4.79 Å². The van der Waals surface area contributed by atoms with Gasteiger partial charge < -0.3 is 16.0 Å². The average molecular weight is 332 g/mol. The van der Waals surface area contributed by atoms with E-state index in [0.717, 1.165) is 35.1 Å². The predicted molar refractivity (Wildman–Crippen MR) is 89.6 cm³/mol. The van der Waals surface area contributed by atoms with Crippen LogP contribution in [0.5, 0.6) is 0 Å². The summed E-state index contributed by atoms with van der Waals surface area (Å²) in [6.45, 7) is 4.63. The molecule has 0 spiro atoms. The maximum atomic E-state index is 12.0. The number of likely N-dealkylation sites (tertiary alicyclic amines) is 1. The van der Waals surface area contributed by atoms with Crippen molar-refractivity contribution in [2.75, 3.05) is 18.4 Å². The molecule has 0 aromatic carbocycles. The summed E-state index contributed by atoms with van der Waals surface area (Å²) in [5.74, 6) is 1.34. The molecule has 23 heavy (non-hydrogen) atoms. The van der Waals surface area contributed by atoms with Gasteiger partial charge in [-0.15, -0.1) is 11.3 Å². The van der Waals surface area contributed by atoms with E-state index < -0.39 is 0 Å². The van der Waals surface area contributed by atoms with Gasteiger partial charge in [0.2, 0.25) is 5.91 Å². The first-order valence-electron chi connectivity index (χ1n) is 7.61. The van der Waals surface area contributed by atoms with Crippen molar-refractivity contribution in [1.29, 1.82) is 0 Å². The number of rotatable bonds is 4. The van der Waals surface area contributed by atoms with E-state index in [1.165, 1.54) is 0 Å². The largest absolute Gasteiger partial charge is 0.333 e. The van der Waals surface area contributed by atoms with Crippen LogP contribution < -0.4 is 11.1 Å². The fourth-order valence-corrected chi connectivity index (χ4v) is 3.51. The highest BCUT2D eigenvalue weighted by Crippen LogP contribution is 2.32. The first-order valence-corrected chi connectivity index (χ1v) is 8.43. The zero-order valence-corrected chi connectivity index (χ0v) is 14.1. The quantitative estimate of drug-likeness (QED) is 0.888. The van der Waals surface area contributed by atoms with Gasteiger partial charge in [0.1, 0.15) is 11.6 Å². The number of aryl methyl sites for hydroxylation is 2. The summed E-state index contributed by atoms with van der Waals surface area (Å²) in [6, 6.07) is 1.88. The van der Waals surface area contributed by atoms with Gasteiger partial charge in [-0.05, 0) is 26.7 Å². The second-order valence-corrected chi connectivity index (χ2v) is 6.81. The molecular weight excluding hydrogens is 312 g/mol. The van der Waals surface area contributed by atoms with Crippen molar-refractivity contribution in [3.63, 3.8) is 0 Å². The SMILES string of the molecule is Cc1nc(Nc2ncc(C)s2)cc([C@@H]2CCCN2C(=O)CN)n1. The van der Waals surface area contributed by atoms with Crippen molar-refractivity contribution in [2.45, 2.75) is 32.7 Å². The highest BCUT2D eigenvalue weighted by molar-refractivity contribution is 7.15. The van der Waals surface area contributed by atoms with E-state index in [4.69, 9.17) is 5.73 Å². The average Bonchev–Trinajstić information content (AvgIpc) is 3.15. The molecule has 3 rings (SSSR count). The van der Waals surface area contributed by atoms with E-state index in [-0.39, 0.29) is 18.5 Å². The Morgan fingerprint density at radius 2 is 2.30 bits per heavy atom. The van der Waals surface area contributed by atoms with Gasteiger partial charge in [0.25, 0.3) is 0 Å². The van der Waals surface area contributed by atoms with Gasteiger partial charge >= 0.3 is 0 Å². The molecule has 2 aromatic heterocycles. The lowest BCUT2D eigenvalue weighted by Crippen LogP contribution is -2.35. The van der Waals surface area contributed by atoms with E-state index in [9.17, 15) is 4.79 Å². The number of nitrogens with zero attached hydrogens (tertiary/aromatic N) is 4. The summed E-state index contributed by atoms with van der Waals surface area (Å²) >= 11 is 1.57. The van der Waals surface area contributed by atoms with Crippen LogP contribution in [-0.4, -0.2) is 38.8 Å². The molecular formula is C15H20N6OS. The zero-order chi connectivity index (χ0) is 16.4. The van der Waals surface area contributed by atoms with Gasteiger partial charge in [-0.3, -0.25) is 4.79 Å². The van der Waals surface area contributed by atoms with Gasteiger partial charge in [-0.2, -0.15) is 0 Å². The van der Waals surface area contributed by atoms with Gasteiger partial charge in [-0.25, -0.2) is 15.0 Å². The van der Waals surface area contributed by atoms with Crippen LogP contribution in [-0.2, 0) is 4.79 Å². The summed E-state index contributed by atoms with van der Waals surface area (Å²) in [4.78, 5) is 28.2. The van der Waals surface area contributed by atoms with E-state index in [2.05, 4.69) is 20.3 Å². The van der Waals surface area contributed by atoms with Crippen molar-refractivity contribution in [2.24, 2.45) is 5.73 Å². The number of thiazole rings is 1. The lowest BCUT2D eigenvalue weighted by Gasteiger charge is -2.24. The van der Waals surface area contributed by atoms with Gasteiger partial charge in [0.15, 0.2) is 5.13 Å². The molecule has 0 saturated carbocycles. The maximum Gasteiger partial charge on any atom is 0.236 e. The Kier molecular flexibility index (Phi) is 4.53. The minimum atomic E-state index is -0.0335. The predicted octanol–water partition coefficient (Wildman–Crippen LogP) is 1.92. The molecule has 7 nitrogen and oxygen atoms in total. The Morgan fingerprint density at radius 3 is 3.00 bits per heavy atom. The minimum absolute atomic E-state index is 0.0219. The fourth-order valence-electron chi connectivity index (χ4n) is 2.84. The van der Waals surface area contributed by atoms with Crippen LogP contribution in [0.25, 0.3) is 0 Å². The van der Waals surface area contributed by atoms with Crippen molar-refractivity contribution in [1.82, 2.24) is 19.9 Å². The lowest BCUT2D eigenvalue weighted by atomic mass is 10.1. The third-order valence-corrected chi connectivity index (χ3v) is 4.63. The summed E-state index contributed by atoms with van der Waals surface area (Å²) in [5, 5.41) is 4.01. The molecule has 8 heteroatoms. The Bertz CT molecular complexity index is 716. The highest BCUT2D eigenvalue weighted by Gasteiger charge is 2.30. The maximum absolute atomic E-state index is 12.0. The second-order valence-electron chi connectivity index (χ2n) is 5.58. The molecule has 0 aliphatic carbocycles. The zero-order valence-electron chi connectivity index (χ0n) is 13.2. The fraction of sp³-hybridized carbons (Fsp3) is 0.467. The third kappa shape index (κ3) is 3.48. The summed E-state index contributed by atoms with van der Waals surface area (Å²) < 4.78 is 0. The molecule has 1 saturated heterocycles. The number of carbonyl (C=O) groups is 1. The van der Waals surface area contributed by atoms with Crippen molar-refractivity contribution in [3.8, 4) is 0 Å². The van der Waals surface area contributed by atoms with E-state index in [1.54, 1.807) is 11.3 Å². The van der Waals surface area contributed by atoms with E-state index in [0.29, 0.717) is 11.6 Å². The number of nitrogens with one attached hydrogen (secondary N) is 1. The minimum Gasteiger partial charge on any atom is -0.333 e. The molecule has 122 valence electrons. The Balaban J connectivity index is 1.86. The van der Waals surface area contributed by atoms with Crippen LogP contribution in [0.4, 0.5) is 10.9 Å². The number of anilines is 2. The molecule has 3 heterocycles. The number of hydrogen-bond acceptors (Lipinski definition) is 7. The topological polar surface area (TPSA) is 97.0 Å². The van der Waals surface area contributed by atoms with Crippen LogP contribution >= 0.6 is 11.3 Å². The number of hydrogen-bond donors (Lipinski definition) is 2.